The lowest BCUT2D eigenvalue weighted by molar-refractivity contribution is 0.454. The SMILES string of the molecule is O=c1oc2ccccc2c(O)c1C(c1ccc(Br)cc1)c1coc2ccccc2c1=O. The van der Waals surface area contributed by atoms with Gasteiger partial charge >= 0.3 is 5.63 Å². The molecule has 0 spiro atoms. The molecular formula is C25H15BrO5. The van der Waals surface area contributed by atoms with Crippen LogP contribution in [0.2, 0.25) is 0 Å². The van der Waals surface area contributed by atoms with E-state index in [0.717, 1.165) is 4.47 Å². The molecule has 0 radical (unpaired) electrons. The van der Waals surface area contributed by atoms with Gasteiger partial charge in [-0.15, -0.1) is 0 Å². The van der Waals surface area contributed by atoms with E-state index in [1.807, 2.05) is 12.1 Å². The van der Waals surface area contributed by atoms with E-state index in [0.29, 0.717) is 21.9 Å². The van der Waals surface area contributed by atoms with Gasteiger partial charge in [0, 0.05) is 10.0 Å². The Kier molecular flexibility index (Phi) is 4.71. The Morgan fingerprint density at radius 1 is 0.806 bits per heavy atom. The molecule has 0 saturated heterocycles. The lowest BCUT2D eigenvalue weighted by atomic mass is 9.85. The summed E-state index contributed by atoms with van der Waals surface area (Å²) in [6.45, 7) is 0. The maximum Gasteiger partial charge on any atom is 0.344 e. The van der Waals surface area contributed by atoms with Crippen LogP contribution in [0.25, 0.3) is 21.9 Å². The molecule has 0 aliphatic heterocycles. The predicted octanol–water partition coefficient (Wildman–Crippen LogP) is 5.55. The van der Waals surface area contributed by atoms with Crippen molar-refractivity contribution in [3.05, 3.63) is 121 Å². The average molecular weight is 475 g/mol. The largest absolute Gasteiger partial charge is 0.507 e. The molecule has 2 aromatic heterocycles. The molecule has 1 N–H and O–H groups in total. The van der Waals surface area contributed by atoms with Crippen LogP contribution in [-0.4, -0.2) is 5.11 Å². The standard InChI is InChI=1S/C25H15BrO5/c26-15-11-9-14(10-12-15)21(18-13-30-19-7-3-1-5-16(19)23(18)27)22-24(28)17-6-2-4-8-20(17)31-25(22)29/h1-13,21,28H. The molecule has 5 nitrogen and oxygen atoms in total. The Morgan fingerprint density at radius 2 is 1.45 bits per heavy atom. The fourth-order valence-corrected chi connectivity index (χ4v) is 4.12. The van der Waals surface area contributed by atoms with E-state index < -0.39 is 11.5 Å². The quantitative estimate of drug-likeness (QED) is 0.346. The van der Waals surface area contributed by atoms with Crippen LogP contribution in [0, 0.1) is 0 Å². The van der Waals surface area contributed by atoms with Crippen LogP contribution in [-0.2, 0) is 0 Å². The zero-order valence-corrected chi connectivity index (χ0v) is 17.6. The Bertz CT molecular complexity index is 1550. The van der Waals surface area contributed by atoms with Gasteiger partial charge < -0.3 is 13.9 Å². The summed E-state index contributed by atoms with van der Waals surface area (Å²) in [4.78, 5) is 26.4. The third kappa shape index (κ3) is 3.25. The summed E-state index contributed by atoms with van der Waals surface area (Å²) in [6, 6.07) is 20.8. The van der Waals surface area contributed by atoms with Crippen molar-refractivity contribution in [1.82, 2.24) is 0 Å². The van der Waals surface area contributed by atoms with Gasteiger partial charge in [-0.05, 0) is 42.0 Å². The van der Waals surface area contributed by atoms with E-state index in [1.54, 1.807) is 60.7 Å². The van der Waals surface area contributed by atoms with E-state index in [4.69, 9.17) is 8.83 Å². The Hall–Kier alpha value is -3.64. The van der Waals surface area contributed by atoms with Gasteiger partial charge in [-0.25, -0.2) is 4.79 Å². The summed E-state index contributed by atoms with van der Waals surface area (Å²) >= 11 is 3.41. The van der Waals surface area contributed by atoms with E-state index in [1.165, 1.54) is 6.26 Å². The molecule has 31 heavy (non-hydrogen) atoms. The molecule has 6 heteroatoms. The number of hydrogen-bond acceptors (Lipinski definition) is 5. The number of rotatable bonds is 3. The molecule has 1 atom stereocenters. The normalized spacial score (nSPS) is 12.3. The van der Waals surface area contributed by atoms with Crippen LogP contribution < -0.4 is 11.1 Å². The molecule has 5 rings (SSSR count). The van der Waals surface area contributed by atoms with Gasteiger partial charge in [0.2, 0.25) is 0 Å². The smallest absolute Gasteiger partial charge is 0.344 e. The molecule has 2 heterocycles. The number of halogens is 1. The third-order valence-corrected chi connectivity index (χ3v) is 5.86. The van der Waals surface area contributed by atoms with E-state index in [-0.39, 0.29) is 27.9 Å². The molecule has 152 valence electrons. The lowest BCUT2D eigenvalue weighted by Crippen LogP contribution is -2.21. The van der Waals surface area contributed by atoms with Crippen molar-refractivity contribution in [2.24, 2.45) is 0 Å². The first-order chi connectivity index (χ1) is 15.0. The molecule has 0 aliphatic carbocycles. The van der Waals surface area contributed by atoms with Crippen LogP contribution in [0.5, 0.6) is 5.75 Å². The van der Waals surface area contributed by atoms with Gasteiger partial charge in [0.05, 0.1) is 28.5 Å². The summed E-state index contributed by atoms with van der Waals surface area (Å²) in [5, 5.41) is 11.9. The number of fused-ring (bicyclic) bond motifs is 2. The molecule has 0 fully saturated rings. The van der Waals surface area contributed by atoms with Crippen LogP contribution >= 0.6 is 15.9 Å². The molecular weight excluding hydrogens is 460 g/mol. The fraction of sp³-hybridized carbons (Fsp3) is 0.0400. The van der Waals surface area contributed by atoms with Gasteiger partial charge in [0.15, 0.2) is 5.43 Å². The summed E-state index contributed by atoms with van der Waals surface area (Å²) < 4.78 is 12.0. The summed E-state index contributed by atoms with van der Waals surface area (Å²) in [5.41, 5.74) is 0.596. The first-order valence-corrected chi connectivity index (χ1v) is 10.3. The molecule has 0 saturated carbocycles. The van der Waals surface area contributed by atoms with Gasteiger partial charge in [0.1, 0.15) is 16.9 Å². The number of aromatic hydroxyl groups is 1. The second-order valence-electron chi connectivity index (χ2n) is 7.15. The van der Waals surface area contributed by atoms with E-state index >= 15 is 0 Å². The molecule has 0 amide bonds. The van der Waals surface area contributed by atoms with Crippen molar-refractivity contribution < 1.29 is 13.9 Å². The van der Waals surface area contributed by atoms with Crippen LogP contribution in [0.4, 0.5) is 0 Å². The Morgan fingerprint density at radius 3 is 2.19 bits per heavy atom. The summed E-state index contributed by atoms with van der Waals surface area (Å²) in [5.74, 6) is -1.10. The topological polar surface area (TPSA) is 80.7 Å². The van der Waals surface area contributed by atoms with Crippen molar-refractivity contribution in [2.45, 2.75) is 5.92 Å². The minimum atomic E-state index is -0.880. The summed E-state index contributed by atoms with van der Waals surface area (Å²) in [6.07, 6.45) is 1.35. The van der Waals surface area contributed by atoms with Crippen molar-refractivity contribution in [3.8, 4) is 5.75 Å². The van der Waals surface area contributed by atoms with Crippen LogP contribution in [0.15, 0.2) is 102 Å². The Balaban J connectivity index is 1.87. The van der Waals surface area contributed by atoms with E-state index in [9.17, 15) is 14.7 Å². The van der Waals surface area contributed by atoms with Crippen molar-refractivity contribution in [1.29, 1.82) is 0 Å². The van der Waals surface area contributed by atoms with Gasteiger partial charge in [0.25, 0.3) is 0 Å². The highest BCUT2D eigenvalue weighted by Gasteiger charge is 2.29. The average Bonchev–Trinajstić information content (AvgIpc) is 2.78. The second kappa shape index (κ2) is 7.56. The van der Waals surface area contributed by atoms with Crippen molar-refractivity contribution >= 4 is 37.9 Å². The highest BCUT2D eigenvalue weighted by atomic mass is 79.9. The highest BCUT2D eigenvalue weighted by molar-refractivity contribution is 9.10. The minimum absolute atomic E-state index is 0.0106. The molecule has 0 bridgehead atoms. The monoisotopic (exact) mass is 474 g/mol. The van der Waals surface area contributed by atoms with Crippen molar-refractivity contribution in [3.63, 3.8) is 0 Å². The van der Waals surface area contributed by atoms with Crippen LogP contribution in [0.1, 0.15) is 22.6 Å². The van der Waals surface area contributed by atoms with Gasteiger partial charge in [-0.2, -0.15) is 0 Å². The zero-order valence-electron chi connectivity index (χ0n) is 16.0. The first-order valence-electron chi connectivity index (χ1n) is 9.55. The molecule has 3 aromatic carbocycles. The van der Waals surface area contributed by atoms with Gasteiger partial charge in [-0.1, -0.05) is 52.3 Å². The highest BCUT2D eigenvalue weighted by Crippen LogP contribution is 2.38. The number of hydrogen-bond donors (Lipinski definition) is 1. The number of para-hydroxylation sites is 2. The predicted molar refractivity (Wildman–Crippen MR) is 122 cm³/mol. The fourth-order valence-electron chi connectivity index (χ4n) is 3.85. The second-order valence-corrected chi connectivity index (χ2v) is 8.06. The van der Waals surface area contributed by atoms with Crippen molar-refractivity contribution in [2.75, 3.05) is 0 Å². The van der Waals surface area contributed by atoms with Gasteiger partial charge in [-0.3, -0.25) is 4.79 Å². The zero-order chi connectivity index (χ0) is 21.5. The number of benzene rings is 3. The lowest BCUT2D eigenvalue weighted by Gasteiger charge is -2.18. The maximum absolute atomic E-state index is 13.4. The van der Waals surface area contributed by atoms with E-state index in [2.05, 4.69) is 15.9 Å². The molecule has 1 unspecified atom stereocenters. The third-order valence-electron chi connectivity index (χ3n) is 5.33. The maximum atomic E-state index is 13.4. The molecule has 0 aliphatic rings. The minimum Gasteiger partial charge on any atom is -0.507 e. The summed E-state index contributed by atoms with van der Waals surface area (Å²) in [7, 11) is 0. The van der Waals surface area contributed by atoms with Crippen LogP contribution in [0.3, 0.4) is 0 Å². The first kappa shape index (κ1) is 19.3. The molecule has 5 aromatic rings. The Labute approximate surface area is 184 Å².